The molecule has 4 aromatic rings. The molecule has 1 atom stereocenters. The van der Waals surface area contributed by atoms with Crippen LogP contribution in [0.1, 0.15) is 17.3 Å². The summed E-state index contributed by atoms with van der Waals surface area (Å²) in [7, 11) is 1.61. The van der Waals surface area contributed by atoms with E-state index in [0.717, 1.165) is 22.0 Å². The predicted octanol–water partition coefficient (Wildman–Crippen LogP) is 5.62. The average Bonchev–Trinajstić information content (AvgIpc) is 3.63. The van der Waals surface area contributed by atoms with Gasteiger partial charge >= 0.3 is 0 Å². The van der Waals surface area contributed by atoms with Gasteiger partial charge in [0.2, 0.25) is 0 Å². The molecular weight excluding hydrogens is 509 g/mol. The maximum absolute atomic E-state index is 15.1. The minimum absolute atomic E-state index is 0.00604. The topological polar surface area (TPSA) is 85.9 Å². The number of H-pyrrole nitrogens is 1. The Morgan fingerprint density at radius 3 is 2.66 bits per heavy atom. The third-order valence-corrected chi connectivity index (χ3v) is 6.79. The van der Waals surface area contributed by atoms with E-state index in [4.69, 9.17) is 18.9 Å². The van der Waals surface area contributed by atoms with Gasteiger partial charge in [-0.2, -0.15) is 0 Å². The number of carbonyl (C=O) groups is 1. The van der Waals surface area contributed by atoms with Crippen molar-refractivity contribution < 1.29 is 28.1 Å². The van der Waals surface area contributed by atoms with Crippen molar-refractivity contribution in [1.29, 1.82) is 0 Å². The number of morpholine rings is 1. The smallest absolute Gasteiger partial charge is 0.254 e. The van der Waals surface area contributed by atoms with Crippen molar-refractivity contribution in [1.82, 2.24) is 14.9 Å². The minimum Gasteiger partial charge on any atom is -0.488 e. The Kier molecular flexibility index (Phi) is 8.02. The van der Waals surface area contributed by atoms with Crippen LogP contribution < -0.4 is 9.47 Å². The first-order valence-electron chi connectivity index (χ1n) is 12.2. The molecule has 1 aliphatic heterocycles. The van der Waals surface area contributed by atoms with Crippen molar-refractivity contribution in [2.45, 2.75) is 13.0 Å². The number of rotatable bonds is 9. The lowest BCUT2D eigenvalue weighted by Gasteiger charge is -2.26. The SMILES string of the molecule is COC[C@H](C)Oc1cc(Oc2ccc(C(=O)N3CCOCC3)cc2F)cc(-c2ccc(-c3nccs3)[nH]2)c1. The third kappa shape index (κ3) is 6.04. The van der Waals surface area contributed by atoms with Crippen LogP contribution >= 0.6 is 11.3 Å². The van der Waals surface area contributed by atoms with Gasteiger partial charge in [0.1, 0.15) is 22.6 Å². The Balaban J connectivity index is 1.41. The molecule has 198 valence electrons. The molecule has 3 heterocycles. The van der Waals surface area contributed by atoms with E-state index in [0.29, 0.717) is 44.4 Å². The zero-order chi connectivity index (χ0) is 26.5. The normalized spacial score (nSPS) is 14.3. The zero-order valence-electron chi connectivity index (χ0n) is 21.1. The number of carbonyl (C=O) groups excluding carboxylic acids is 1. The first-order chi connectivity index (χ1) is 18.5. The van der Waals surface area contributed by atoms with Gasteiger partial charge in [-0.3, -0.25) is 4.79 Å². The maximum Gasteiger partial charge on any atom is 0.254 e. The number of nitrogens with one attached hydrogen (secondary N) is 1. The summed E-state index contributed by atoms with van der Waals surface area (Å²) in [6, 6.07) is 13.5. The third-order valence-electron chi connectivity index (χ3n) is 5.98. The number of thiazole rings is 1. The van der Waals surface area contributed by atoms with Crippen molar-refractivity contribution in [2.75, 3.05) is 40.0 Å². The fraction of sp³-hybridized carbons (Fsp3) is 0.286. The largest absolute Gasteiger partial charge is 0.488 e. The summed E-state index contributed by atoms with van der Waals surface area (Å²) in [5, 5.41) is 2.80. The van der Waals surface area contributed by atoms with Crippen molar-refractivity contribution in [3.05, 3.63) is 71.5 Å². The number of hydrogen-bond donors (Lipinski definition) is 1. The molecule has 1 N–H and O–H groups in total. The van der Waals surface area contributed by atoms with Gasteiger partial charge in [0.05, 0.1) is 25.5 Å². The number of aromatic amines is 1. The van der Waals surface area contributed by atoms with Crippen LogP contribution in [0.15, 0.2) is 60.1 Å². The number of nitrogens with zero attached hydrogens (tertiary/aromatic N) is 2. The lowest BCUT2D eigenvalue weighted by atomic mass is 10.1. The van der Waals surface area contributed by atoms with Gasteiger partial charge in [0.25, 0.3) is 5.91 Å². The molecule has 1 amide bonds. The van der Waals surface area contributed by atoms with Gasteiger partial charge in [-0.15, -0.1) is 11.3 Å². The monoisotopic (exact) mass is 537 g/mol. The van der Waals surface area contributed by atoms with Crippen LogP contribution in [0.2, 0.25) is 0 Å². The molecule has 0 bridgehead atoms. The predicted molar refractivity (Wildman–Crippen MR) is 142 cm³/mol. The Labute approximate surface area is 223 Å². The van der Waals surface area contributed by atoms with Crippen LogP contribution in [0.5, 0.6) is 17.2 Å². The van der Waals surface area contributed by atoms with Crippen LogP contribution in [-0.2, 0) is 9.47 Å². The molecule has 0 aliphatic carbocycles. The van der Waals surface area contributed by atoms with E-state index in [1.165, 1.54) is 23.5 Å². The number of halogens is 1. The molecule has 2 aromatic heterocycles. The van der Waals surface area contributed by atoms with Crippen LogP contribution in [-0.4, -0.2) is 66.9 Å². The highest BCUT2D eigenvalue weighted by Gasteiger charge is 2.20. The fourth-order valence-electron chi connectivity index (χ4n) is 4.19. The summed E-state index contributed by atoms with van der Waals surface area (Å²) in [5.74, 6) is 0.0826. The molecule has 1 fully saturated rings. The van der Waals surface area contributed by atoms with Crippen molar-refractivity contribution >= 4 is 17.2 Å². The summed E-state index contributed by atoms with van der Waals surface area (Å²) < 4.78 is 37.6. The van der Waals surface area contributed by atoms with E-state index in [1.54, 1.807) is 36.4 Å². The second-order valence-electron chi connectivity index (χ2n) is 8.85. The first-order valence-corrected chi connectivity index (χ1v) is 13.1. The van der Waals surface area contributed by atoms with E-state index in [1.807, 2.05) is 30.5 Å². The van der Waals surface area contributed by atoms with Gasteiger partial charge in [0.15, 0.2) is 11.6 Å². The number of hydrogen-bond acceptors (Lipinski definition) is 7. The molecule has 10 heteroatoms. The minimum atomic E-state index is -0.629. The van der Waals surface area contributed by atoms with E-state index < -0.39 is 5.82 Å². The molecule has 0 saturated carbocycles. The highest BCUT2D eigenvalue weighted by Crippen LogP contribution is 2.35. The lowest BCUT2D eigenvalue weighted by Crippen LogP contribution is -2.40. The van der Waals surface area contributed by atoms with Gasteiger partial charge in [-0.05, 0) is 49.4 Å². The molecule has 38 heavy (non-hydrogen) atoms. The summed E-state index contributed by atoms with van der Waals surface area (Å²) in [6.07, 6.45) is 1.55. The van der Waals surface area contributed by atoms with Gasteiger partial charge < -0.3 is 28.8 Å². The molecule has 1 saturated heterocycles. The van der Waals surface area contributed by atoms with Crippen LogP contribution in [0, 0.1) is 5.82 Å². The molecular formula is C28H28FN3O5S. The van der Waals surface area contributed by atoms with Gasteiger partial charge in [-0.1, -0.05) is 0 Å². The summed E-state index contributed by atoms with van der Waals surface area (Å²) in [5.41, 5.74) is 2.79. The Hall–Kier alpha value is -3.73. The highest BCUT2D eigenvalue weighted by atomic mass is 32.1. The van der Waals surface area contributed by atoms with Crippen molar-refractivity contribution in [3.8, 4) is 39.2 Å². The molecule has 1 aliphatic rings. The van der Waals surface area contributed by atoms with Crippen LogP contribution in [0.4, 0.5) is 4.39 Å². The highest BCUT2D eigenvalue weighted by molar-refractivity contribution is 7.13. The van der Waals surface area contributed by atoms with Crippen molar-refractivity contribution in [2.24, 2.45) is 0 Å². The number of ether oxygens (including phenoxy) is 4. The molecule has 0 radical (unpaired) electrons. The van der Waals surface area contributed by atoms with Gasteiger partial charge in [-0.25, -0.2) is 9.37 Å². The molecule has 8 nitrogen and oxygen atoms in total. The average molecular weight is 538 g/mol. The molecule has 2 aromatic carbocycles. The van der Waals surface area contributed by atoms with E-state index in [-0.39, 0.29) is 23.3 Å². The molecule has 0 spiro atoms. The number of benzene rings is 2. The quantitative estimate of drug-likeness (QED) is 0.298. The van der Waals surface area contributed by atoms with E-state index in [9.17, 15) is 4.79 Å². The number of methoxy groups -OCH3 is 1. The van der Waals surface area contributed by atoms with Crippen LogP contribution in [0.25, 0.3) is 22.0 Å². The maximum atomic E-state index is 15.1. The fourth-order valence-corrected chi connectivity index (χ4v) is 4.81. The van der Waals surface area contributed by atoms with E-state index >= 15 is 4.39 Å². The van der Waals surface area contributed by atoms with E-state index in [2.05, 4.69) is 9.97 Å². The molecule has 5 rings (SSSR count). The first kappa shape index (κ1) is 25.9. The standard InChI is InChI=1S/C28H28FN3O5S/c1-18(17-34-2)36-21-13-20(24-4-5-25(31-24)27-30-7-12-38-27)14-22(16-21)37-26-6-3-19(15-23(26)29)28(33)32-8-10-35-11-9-32/h3-7,12-16,18,31H,8-11,17H2,1-2H3/t18-/m0/s1. The second kappa shape index (κ2) is 11.8. The Morgan fingerprint density at radius 2 is 1.92 bits per heavy atom. The summed E-state index contributed by atoms with van der Waals surface area (Å²) in [4.78, 5) is 22.1. The summed E-state index contributed by atoms with van der Waals surface area (Å²) >= 11 is 1.54. The second-order valence-corrected chi connectivity index (χ2v) is 9.75. The number of amides is 1. The summed E-state index contributed by atoms with van der Waals surface area (Å²) in [6.45, 7) is 4.23. The van der Waals surface area contributed by atoms with Crippen molar-refractivity contribution in [3.63, 3.8) is 0 Å². The Bertz CT molecular complexity index is 1390. The zero-order valence-corrected chi connectivity index (χ0v) is 21.9. The number of aromatic nitrogens is 2. The van der Waals surface area contributed by atoms with Crippen LogP contribution in [0.3, 0.4) is 0 Å². The Morgan fingerprint density at radius 1 is 1.13 bits per heavy atom. The lowest BCUT2D eigenvalue weighted by molar-refractivity contribution is 0.0302. The molecule has 0 unspecified atom stereocenters. The van der Waals surface area contributed by atoms with Gasteiger partial charge in [0, 0.05) is 54.7 Å².